The minimum absolute atomic E-state index is 0.0972. The van der Waals surface area contributed by atoms with Crippen LogP contribution >= 0.6 is 0 Å². The summed E-state index contributed by atoms with van der Waals surface area (Å²) in [5.74, 6) is 1.69. The monoisotopic (exact) mass is 205 g/mol. The molecule has 0 amide bonds. The molecular formula is C7H18AlO3Si. The van der Waals surface area contributed by atoms with Gasteiger partial charge in [0.15, 0.2) is 0 Å². The van der Waals surface area contributed by atoms with E-state index < -0.39 is 0 Å². The van der Waals surface area contributed by atoms with Gasteiger partial charge in [0.25, 0.3) is 5.97 Å². The van der Waals surface area contributed by atoms with Crippen LogP contribution in [-0.2, 0) is 13.0 Å². The van der Waals surface area contributed by atoms with Crippen LogP contribution in [0.25, 0.3) is 0 Å². The van der Waals surface area contributed by atoms with Gasteiger partial charge in [-0.3, -0.25) is 4.79 Å². The van der Waals surface area contributed by atoms with E-state index in [1.807, 2.05) is 5.79 Å². The first-order valence-electron chi connectivity index (χ1n) is 3.83. The lowest BCUT2D eigenvalue weighted by atomic mass is 10.2. The van der Waals surface area contributed by atoms with E-state index in [4.69, 9.17) is 4.43 Å². The molecule has 5 heteroatoms. The Balaban J connectivity index is 0. The summed E-state index contributed by atoms with van der Waals surface area (Å²) in [6, 6.07) is 0. The Morgan fingerprint density at radius 1 is 1.42 bits per heavy atom. The molecule has 0 unspecified atom stereocenters. The zero-order valence-electron chi connectivity index (χ0n) is 8.80. The first-order chi connectivity index (χ1) is 5.33. The van der Waals surface area contributed by atoms with E-state index in [0.717, 1.165) is 10.5 Å². The van der Waals surface area contributed by atoms with Gasteiger partial charge >= 0.3 is 15.6 Å². The Morgan fingerprint density at radius 3 is 1.75 bits per heavy atom. The maximum atomic E-state index is 9.84. The second-order valence-corrected chi connectivity index (χ2v) is 4.28. The average molecular weight is 205 g/mol. The minimum atomic E-state index is -0.174. The highest BCUT2D eigenvalue weighted by Gasteiger charge is 2.03. The SMILES string of the molecule is CC(C)(C)O[SiH3].[CH3][Al][O]C(C)=O. The number of hydrogen-bond donors (Lipinski definition) is 0. The third-order valence-corrected chi connectivity index (χ3v) is 2.69. The van der Waals surface area contributed by atoms with Crippen LogP contribution in [0.1, 0.15) is 27.7 Å². The van der Waals surface area contributed by atoms with Gasteiger partial charge in [0.05, 0.1) is 0 Å². The van der Waals surface area contributed by atoms with E-state index in [-0.39, 0.29) is 27.1 Å². The number of carbonyl (C=O) groups is 1. The van der Waals surface area contributed by atoms with Crippen molar-refractivity contribution < 1.29 is 13.0 Å². The Hall–Kier alpha value is 0.179. The predicted octanol–water partition coefficient (Wildman–Crippen LogP) is 0.299. The molecule has 0 N–H and O–H groups in total. The smallest absolute Gasteiger partial charge is 0.521 e. The van der Waals surface area contributed by atoms with Gasteiger partial charge in [-0.25, -0.2) is 0 Å². The molecule has 0 aliphatic heterocycles. The summed E-state index contributed by atoms with van der Waals surface area (Å²) in [4.78, 5) is 9.84. The highest BCUT2D eigenvalue weighted by atomic mass is 28.2. The van der Waals surface area contributed by atoms with Crippen LogP contribution in [-0.4, -0.2) is 37.6 Å². The predicted molar refractivity (Wildman–Crippen MR) is 54.2 cm³/mol. The van der Waals surface area contributed by atoms with Crippen LogP contribution in [0.5, 0.6) is 0 Å². The Bertz CT molecular complexity index is 122. The average Bonchev–Trinajstić information content (AvgIpc) is 1.87. The molecule has 1 radical (unpaired) electrons. The van der Waals surface area contributed by atoms with Gasteiger partial charge in [0, 0.05) is 12.5 Å². The normalized spacial score (nSPS) is 9.75. The third-order valence-electron chi connectivity index (χ3n) is 0.896. The molecule has 0 spiro atoms. The highest BCUT2D eigenvalue weighted by Crippen LogP contribution is 2.01. The molecule has 12 heavy (non-hydrogen) atoms. The van der Waals surface area contributed by atoms with Crippen molar-refractivity contribution in [3.8, 4) is 0 Å². The van der Waals surface area contributed by atoms with Crippen molar-refractivity contribution in [3.05, 3.63) is 0 Å². The molecule has 0 fully saturated rings. The van der Waals surface area contributed by atoms with Crippen molar-refractivity contribution in [2.45, 2.75) is 39.1 Å². The van der Waals surface area contributed by atoms with Crippen molar-refractivity contribution in [2.24, 2.45) is 0 Å². The number of hydrogen-bond acceptors (Lipinski definition) is 3. The van der Waals surface area contributed by atoms with Gasteiger partial charge in [0.2, 0.25) is 0 Å². The Kier molecular flexibility index (Phi) is 9.56. The van der Waals surface area contributed by atoms with Crippen molar-refractivity contribution in [2.75, 3.05) is 0 Å². The molecular weight excluding hydrogens is 187 g/mol. The molecule has 0 saturated carbocycles. The quantitative estimate of drug-likeness (QED) is 0.578. The van der Waals surface area contributed by atoms with Crippen LogP contribution < -0.4 is 0 Å². The zero-order chi connectivity index (χ0) is 10.2. The second kappa shape index (κ2) is 7.81. The summed E-state index contributed by atoms with van der Waals surface area (Å²) < 4.78 is 9.56. The van der Waals surface area contributed by atoms with Gasteiger partial charge in [0.1, 0.15) is 10.5 Å². The lowest BCUT2D eigenvalue weighted by molar-refractivity contribution is -0.131. The maximum Gasteiger partial charge on any atom is 0.521 e. The summed E-state index contributed by atoms with van der Waals surface area (Å²) in [7, 11) is 0.848. The van der Waals surface area contributed by atoms with Crippen LogP contribution in [0.3, 0.4) is 0 Å². The summed E-state index contributed by atoms with van der Waals surface area (Å²) in [6.07, 6.45) is 0. The van der Waals surface area contributed by atoms with E-state index in [1.54, 1.807) is 0 Å². The fourth-order valence-corrected chi connectivity index (χ4v) is 0.498. The molecule has 0 aromatic carbocycles. The maximum absolute atomic E-state index is 9.84. The fourth-order valence-electron chi connectivity index (χ4n) is 0.166. The van der Waals surface area contributed by atoms with Crippen molar-refractivity contribution in [3.63, 3.8) is 0 Å². The summed E-state index contributed by atoms with van der Waals surface area (Å²) in [5.41, 5.74) is 0.103. The van der Waals surface area contributed by atoms with E-state index >= 15 is 0 Å². The molecule has 0 heterocycles. The molecule has 3 nitrogen and oxygen atoms in total. The van der Waals surface area contributed by atoms with E-state index in [9.17, 15) is 4.79 Å². The van der Waals surface area contributed by atoms with Crippen LogP contribution in [0.15, 0.2) is 0 Å². The van der Waals surface area contributed by atoms with Crippen molar-refractivity contribution in [1.82, 2.24) is 0 Å². The zero-order valence-corrected chi connectivity index (χ0v) is 12.0. The number of rotatable bonds is 1. The highest BCUT2D eigenvalue weighted by molar-refractivity contribution is 6.28. The van der Waals surface area contributed by atoms with E-state index in [0.29, 0.717) is 0 Å². The fraction of sp³-hybridized carbons (Fsp3) is 0.857. The van der Waals surface area contributed by atoms with Gasteiger partial charge < -0.3 is 8.21 Å². The van der Waals surface area contributed by atoms with Crippen LogP contribution in [0.4, 0.5) is 0 Å². The third kappa shape index (κ3) is 22.5. The molecule has 0 aromatic rings. The minimum Gasteiger partial charge on any atom is -0.622 e. The van der Waals surface area contributed by atoms with Gasteiger partial charge in [-0.05, 0) is 20.8 Å². The molecule has 0 saturated heterocycles. The molecule has 0 rings (SSSR count). The first-order valence-corrected chi connectivity index (χ1v) is 6.28. The van der Waals surface area contributed by atoms with Crippen molar-refractivity contribution >= 4 is 32.0 Å². The van der Waals surface area contributed by atoms with Crippen LogP contribution in [0.2, 0.25) is 5.79 Å². The molecule has 0 aliphatic carbocycles. The number of carbonyl (C=O) groups excluding carboxylic acids is 1. The molecule has 0 aliphatic rings. The summed E-state index contributed by atoms with van der Waals surface area (Å²) in [5, 5.41) is 0. The molecule has 0 atom stereocenters. The standard InChI is InChI=1S/C4H12OSi.C2H4O2.CH3.Al/c1-4(2,3)5-6;1-2(3)4;;/h1-3,6H3;1H3,(H,3,4);1H3;/q;;;+1/p-1. The van der Waals surface area contributed by atoms with Gasteiger partial charge in [-0.15, -0.1) is 0 Å². The largest absolute Gasteiger partial charge is 0.622 e. The lowest BCUT2D eigenvalue weighted by Gasteiger charge is -2.15. The van der Waals surface area contributed by atoms with Gasteiger partial charge in [-0.2, -0.15) is 0 Å². The van der Waals surface area contributed by atoms with E-state index in [1.165, 1.54) is 6.92 Å². The van der Waals surface area contributed by atoms with E-state index in [2.05, 4.69) is 24.6 Å². The van der Waals surface area contributed by atoms with Gasteiger partial charge in [-0.1, -0.05) is 5.79 Å². The summed E-state index contributed by atoms with van der Waals surface area (Å²) in [6.45, 7) is 7.58. The molecule has 0 aromatic heterocycles. The topological polar surface area (TPSA) is 35.5 Å². The van der Waals surface area contributed by atoms with Crippen LogP contribution in [0, 0.1) is 0 Å². The second-order valence-electron chi connectivity index (χ2n) is 3.16. The summed E-state index contributed by atoms with van der Waals surface area (Å²) >= 11 is -0.0972. The molecule has 0 bridgehead atoms. The Morgan fingerprint density at radius 2 is 1.75 bits per heavy atom. The lowest BCUT2D eigenvalue weighted by Crippen LogP contribution is -2.16. The Labute approximate surface area is 84.4 Å². The first kappa shape index (κ1) is 14.7. The van der Waals surface area contributed by atoms with Crippen molar-refractivity contribution in [1.29, 1.82) is 0 Å². The molecule has 71 valence electrons.